The number of carbonyl (C=O) groups is 5. The molecule has 4 fully saturated rings. The zero-order chi connectivity index (χ0) is 50.0. The van der Waals surface area contributed by atoms with Crippen molar-refractivity contribution in [3.63, 3.8) is 0 Å². The summed E-state index contributed by atoms with van der Waals surface area (Å²) in [5.41, 5.74) is 8.62. The number of aryl methyl sites for hydroxylation is 1. The highest BCUT2D eigenvalue weighted by molar-refractivity contribution is 6.21. The quantitative estimate of drug-likeness (QED) is 0.159. The number of rotatable bonds is 6. The van der Waals surface area contributed by atoms with E-state index in [-0.39, 0.29) is 41.1 Å². The second kappa shape index (κ2) is 21.3. The third-order valence-corrected chi connectivity index (χ3v) is 15.5. The van der Waals surface area contributed by atoms with Crippen molar-refractivity contribution in [2.45, 2.75) is 115 Å². The van der Waals surface area contributed by atoms with E-state index in [1.807, 2.05) is 35.4 Å². The lowest BCUT2D eigenvalue weighted by Gasteiger charge is -2.34. The predicted molar refractivity (Wildman–Crippen MR) is 269 cm³/mol. The van der Waals surface area contributed by atoms with E-state index < -0.39 is 6.43 Å². The van der Waals surface area contributed by atoms with Gasteiger partial charge in [-0.05, 0) is 99.5 Å². The molecular weight excluding hydrogens is 923 g/mol. The van der Waals surface area contributed by atoms with Gasteiger partial charge in [0.25, 0.3) is 18.2 Å². The Morgan fingerprint density at radius 1 is 0.750 bits per heavy atom. The molecule has 5 aromatic rings. The standard InChI is InChI=1S/C36H42F2N6O2.C13H15N3O2.C5H7NO2/c1-23(45)41-15-10-33-31(21-41)36(40-44(33)26-11-16-46-17-12-26)42-14-5-6-24-18-27(28(35(37)38)19-34(24)42)30-22-43(25-7-3-2-4-8-25)32-9-13-39-20-29(30)32;1-15-4-6-16(7-5-15)9-2-3-10-11(8-9)13(18)14-12(10)17;7-4-2-1-3-5(8)6-4/h9,13,18-20,22,25-26,35H,2-8,10-12,14-17,21H2,1H3;2-3,8H,4-7H2,1H3,(H,14,17,18);1-3H2,(H,6,7,8). The number of amides is 5. The minimum atomic E-state index is -2.64. The van der Waals surface area contributed by atoms with Crippen molar-refractivity contribution < 1.29 is 37.5 Å². The van der Waals surface area contributed by atoms with Crippen LogP contribution in [0.4, 0.5) is 26.0 Å². The number of alkyl halides is 2. The van der Waals surface area contributed by atoms with E-state index in [1.165, 1.54) is 25.0 Å². The van der Waals surface area contributed by atoms with E-state index in [2.05, 4.69) is 52.8 Å². The van der Waals surface area contributed by atoms with E-state index in [1.54, 1.807) is 25.3 Å². The van der Waals surface area contributed by atoms with Gasteiger partial charge in [-0.25, -0.2) is 8.78 Å². The summed E-state index contributed by atoms with van der Waals surface area (Å²) in [4.78, 5) is 69.2. The molecule has 16 nitrogen and oxygen atoms in total. The molecule has 0 spiro atoms. The molecule has 0 bridgehead atoms. The highest BCUT2D eigenvalue weighted by atomic mass is 19.3. The molecule has 12 rings (SSSR count). The number of likely N-dealkylation sites (N-methyl/N-ethyl adjacent to an activating group) is 1. The molecule has 3 saturated heterocycles. The summed E-state index contributed by atoms with van der Waals surface area (Å²) in [6, 6.07) is 11.9. The Hall–Kier alpha value is -6.53. The predicted octanol–water partition coefficient (Wildman–Crippen LogP) is 7.82. The number of hydrogen-bond donors (Lipinski definition) is 2. The highest BCUT2D eigenvalue weighted by Crippen LogP contribution is 2.46. The number of aromatic nitrogens is 4. The van der Waals surface area contributed by atoms with Gasteiger partial charge in [0.1, 0.15) is 0 Å². The van der Waals surface area contributed by atoms with E-state index in [0.29, 0.717) is 74.8 Å². The number of hydrogen-bond acceptors (Lipinski definition) is 11. The van der Waals surface area contributed by atoms with Crippen LogP contribution in [0.2, 0.25) is 0 Å². The van der Waals surface area contributed by atoms with E-state index in [0.717, 1.165) is 116 Å². The average molecular weight is 987 g/mol. The lowest BCUT2D eigenvalue weighted by molar-refractivity contribution is -0.133. The van der Waals surface area contributed by atoms with Gasteiger partial charge in [0.15, 0.2) is 5.82 Å². The molecule has 2 N–H and O–H groups in total. The number of ether oxygens (including phenoxy) is 1. The number of nitrogens with one attached hydrogen (secondary N) is 2. The van der Waals surface area contributed by atoms with Gasteiger partial charge in [-0.2, -0.15) is 5.10 Å². The molecule has 0 unspecified atom stereocenters. The minimum absolute atomic E-state index is 0.0419. The Morgan fingerprint density at radius 3 is 2.21 bits per heavy atom. The molecule has 380 valence electrons. The van der Waals surface area contributed by atoms with Crippen molar-refractivity contribution in [2.75, 3.05) is 69.3 Å². The van der Waals surface area contributed by atoms with E-state index in [9.17, 15) is 24.0 Å². The van der Waals surface area contributed by atoms with Crippen LogP contribution in [0.1, 0.15) is 139 Å². The Labute approximate surface area is 418 Å². The van der Waals surface area contributed by atoms with Crippen LogP contribution in [0.25, 0.3) is 22.0 Å². The largest absolute Gasteiger partial charge is 0.381 e. The number of carbonyl (C=O) groups excluding carboxylic acids is 5. The molecule has 72 heavy (non-hydrogen) atoms. The third kappa shape index (κ3) is 10.1. The molecule has 1 aliphatic carbocycles. The minimum Gasteiger partial charge on any atom is -0.381 e. The number of piperazine rings is 1. The first-order chi connectivity index (χ1) is 34.9. The first-order valence-electron chi connectivity index (χ1n) is 25.8. The molecule has 9 heterocycles. The summed E-state index contributed by atoms with van der Waals surface area (Å²) < 4.78 is 40.4. The van der Waals surface area contributed by atoms with Gasteiger partial charge < -0.3 is 28.9 Å². The fraction of sp³-hybridized carbons (Fsp3) is 0.500. The third-order valence-electron chi connectivity index (χ3n) is 15.5. The molecule has 1 saturated carbocycles. The van der Waals surface area contributed by atoms with Crippen molar-refractivity contribution >= 4 is 57.6 Å². The zero-order valence-corrected chi connectivity index (χ0v) is 41.3. The first-order valence-corrected chi connectivity index (χ1v) is 25.8. The van der Waals surface area contributed by atoms with Crippen LogP contribution in [0.15, 0.2) is 55.0 Å². The second-order valence-corrected chi connectivity index (χ2v) is 20.1. The Morgan fingerprint density at radius 2 is 1.50 bits per heavy atom. The molecular formula is C54H64F2N10O6. The number of anilines is 3. The topological polar surface area (TPSA) is 167 Å². The maximum Gasteiger partial charge on any atom is 0.264 e. The summed E-state index contributed by atoms with van der Waals surface area (Å²) in [5, 5.41) is 10.7. The second-order valence-electron chi connectivity index (χ2n) is 20.1. The smallest absolute Gasteiger partial charge is 0.264 e. The number of imide groups is 2. The van der Waals surface area contributed by atoms with Crippen LogP contribution >= 0.6 is 0 Å². The van der Waals surface area contributed by atoms with E-state index in [4.69, 9.17) is 9.84 Å². The Bertz CT molecular complexity index is 2860. The van der Waals surface area contributed by atoms with Crippen LogP contribution in [-0.4, -0.2) is 118 Å². The van der Waals surface area contributed by atoms with Gasteiger partial charge in [-0.15, -0.1) is 0 Å². The normalized spacial score (nSPS) is 19.8. The molecule has 18 heteroatoms. The number of benzene rings is 2. The summed E-state index contributed by atoms with van der Waals surface area (Å²) in [7, 11) is 2.10. The van der Waals surface area contributed by atoms with Crippen LogP contribution in [-0.2, 0) is 38.5 Å². The number of piperidine rings is 1. The fourth-order valence-electron chi connectivity index (χ4n) is 11.5. The van der Waals surface area contributed by atoms with Gasteiger partial charge >= 0.3 is 0 Å². The van der Waals surface area contributed by atoms with Crippen molar-refractivity contribution in [3.05, 3.63) is 88.5 Å². The SMILES string of the molecule is CC(=O)N1CCc2c(c(N3CCCc4cc(-c5cn(C6CCCCC6)c6ccncc56)c(C(F)F)cc43)nn2C2CCOCC2)C1.CN1CCN(c2ccc3c(c2)C(=O)NC3=O)CC1.O=C1CCCC(=O)N1. The monoisotopic (exact) mass is 986 g/mol. The summed E-state index contributed by atoms with van der Waals surface area (Å²) in [6.07, 6.45) is 14.9. The highest BCUT2D eigenvalue weighted by Gasteiger charge is 2.35. The van der Waals surface area contributed by atoms with Gasteiger partial charge in [0, 0.05) is 142 Å². The van der Waals surface area contributed by atoms with Crippen molar-refractivity contribution in [1.29, 1.82) is 0 Å². The maximum absolute atomic E-state index is 15.1. The fourth-order valence-corrected chi connectivity index (χ4v) is 11.5. The van der Waals surface area contributed by atoms with Crippen LogP contribution in [0, 0.1) is 0 Å². The molecule has 2 aromatic carbocycles. The van der Waals surface area contributed by atoms with Crippen molar-refractivity contribution in [1.82, 2.24) is 39.8 Å². The van der Waals surface area contributed by atoms with Gasteiger partial charge in [-0.1, -0.05) is 19.3 Å². The van der Waals surface area contributed by atoms with Crippen molar-refractivity contribution in [2.24, 2.45) is 0 Å². The van der Waals surface area contributed by atoms with Gasteiger partial charge in [0.05, 0.1) is 29.2 Å². The van der Waals surface area contributed by atoms with Crippen molar-refractivity contribution in [3.8, 4) is 11.1 Å². The summed E-state index contributed by atoms with van der Waals surface area (Å²) in [6.45, 7) is 8.79. The lowest BCUT2D eigenvalue weighted by atomic mass is 9.91. The number of pyridine rings is 1. The maximum atomic E-state index is 15.1. The molecule has 3 aromatic heterocycles. The summed E-state index contributed by atoms with van der Waals surface area (Å²) >= 11 is 0. The Kier molecular flexibility index (Phi) is 14.5. The molecule has 0 radical (unpaired) electrons. The molecule has 0 atom stereocenters. The van der Waals surface area contributed by atoms with Crippen LogP contribution in [0.5, 0.6) is 0 Å². The summed E-state index contributed by atoms with van der Waals surface area (Å²) in [5.74, 6) is -0.00571. The molecule has 5 amide bonds. The van der Waals surface area contributed by atoms with Gasteiger partial charge in [0.2, 0.25) is 17.7 Å². The molecule has 6 aliphatic heterocycles. The lowest BCUT2D eigenvalue weighted by Crippen LogP contribution is -2.44. The van der Waals surface area contributed by atoms with Gasteiger partial charge in [-0.3, -0.25) is 44.3 Å². The Balaban J connectivity index is 0.000000187. The van der Waals surface area contributed by atoms with Crippen LogP contribution in [0.3, 0.4) is 0 Å². The number of halogens is 2. The van der Waals surface area contributed by atoms with Crippen LogP contribution < -0.4 is 20.4 Å². The first kappa shape index (κ1) is 49.1. The zero-order valence-electron chi connectivity index (χ0n) is 41.3. The molecule has 7 aliphatic rings. The number of fused-ring (bicyclic) bond motifs is 4. The average Bonchev–Trinajstić information content (AvgIpc) is 4.07. The number of nitrogens with zero attached hydrogens (tertiary/aromatic N) is 8. The van der Waals surface area contributed by atoms with E-state index >= 15 is 8.78 Å².